The van der Waals surface area contributed by atoms with Gasteiger partial charge in [0.1, 0.15) is 0 Å². The number of amides is 2. The Morgan fingerprint density at radius 3 is 2.41 bits per heavy atom. The monoisotopic (exact) mass is 483 g/mol. The number of nitrogens with one attached hydrogen (secondary N) is 1. The number of hydrogen-bond acceptors (Lipinski definition) is 4. The van der Waals surface area contributed by atoms with Crippen molar-refractivity contribution in [3.8, 4) is 0 Å². The number of rotatable bonds is 7. The first-order valence-corrected chi connectivity index (χ1v) is 13.4. The molecule has 1 saturated heterocycles. The minimum atomic E-state index is -3.66. The summed E-state index contributed by atoms with van der Waals surface area (Å²) in [5.41, 5.74) is 2.61. The highest BCUT2D eigenvalue weighted by molar-refractivity contribution is 7.89. The maximum absolute atomic E-state index is 13.3. The molecular formula is C26H33N3O4S. The van der Waals surface area contributed by atoms with E-state index in [4.69, 9.17) is 0 Å². The van der Waals surface area contributed by atoms with Gasteiger partial charge in [-0.1, -0.05) is 24.6 Å². The van der Waals surface area contributed by atoms with Crippen molar-refractivity contribution in [3.05, 3.63) is 64.7 Å². The Hall–Kier alpha value is -2.71. The first kappa shape index (κ1) is 24.4. The third-order valence-corrected chi connectivity index (χ3v) is 8.69. The molecule has 0 bridgehead atoms. The SMILES string of the molecule is Cc1ccc(S(=O)(=O)N2CCCCC2C)cc1C(=O)N(C)Cc1ccc(C(=O)NC2CC2)cc1. The standard InChI is InChI=1S/C26H33N3O4S/c1-18-7-14-23(34(32,33)29-15-5-4-6-19(29)2)16-24(18)26(31)28(3)17-20-8-10-21(11-9-20)25(30)27-22-12-13-22/h7-11,14,16,19,22H,4-6,12-13,15,17H2,1-3H3,(H,27,30). The van der Waals surface area contributed by atoms with E-state index in [0.29, 0.717) is 30.3 Å². The quantitative estimate of drug-likeness (QED) is 0.650. The van der Waals surface area contributed by atoms with Crippen molar-refractivity contribution in [2.75, 3.05) is 13.6 Å². The molecule has 1 aliphatic heterocycles. The number of carbonyl (C=O) groups excluding carboxylic acids is 2. The van der Waals surface area contributed by atoms with E-state index < -0.39 is 10.0 Å². The summed E-state index contributed by atoms with van der Waals surface area (Å²) in [7, 11) is -1.96. The molecule has 34 heavy (non-hydrogen) atoms. The molecule has 1 saturated carbocycles. The van der Waals surface area contributed by atoms with Crippen LogP contribution in [0.25, 0.3) is 0 Å². The van der Waals surface area contributed by atoms with Gasteiger partial charge in [0.05, 0.1) is 4.90 Å². The largest absolute Gasteiger partial charge is 0.349 e. The van der Waals surface area contributed by atoms with Crippen molar-refractivity contribution in [2.45, 2.75) is 69.5 Å². The van der Waals surface area contributed by atoms with E-state index >= 15 is 0 Å². The van der Waals surface area contributed by atoms with Gasteiger partial charge in [0.15, 0.2) is 0 Å². The smallest absolute Gasteiger partial charge is 0.254 e. The minimum absolute atomic E-state index is 0.0452. The van der Waals surface area contributed by atoms with Gasteiger partial charge < -0.3 is 10.2 Å². The van der Waals surface area contributed by atoms with Crippen molar-refractivity contribution >= 4 is 21.8 Å². The molecule has 2 aromatic carbocycles. The summed E-state index contributed by atoms with van der Waals surface area (Å²) in [5.74, 6) is -0.313. The van der Waals surface area contributed by atoms with Gasteiger partial charge in [0, 0.05) is 43.3 Å². The van der Waals surface area contributed by atoms with Gasteiger partial charge in [0.2, 0.25) is 10.0 Å². The maximum atomic E-state index is 13.3. The zero-order valence-electron chi connectivity index (χ0n) is 20.1. The average molecular weight is 484 g/mol. The van der Waals surface area contributed by atoms with E-state index in [1.807, 2.05) is 26.0 Å². The van der Waals surface area contributed by atoms with E-state index in [-0.39, 0.29) is 22.8 Å². The van der Waals surface area contributed by atoms with Crippen LogP contribution in [0.1, 0.15) is 70.9 Å². The van der Waals surface area contributed by atoms with Crippen LogP contribution in [0.3, 0.4) is 0 Å². The summed E-state index contributed by atoms with van der Waals surface area (Å²) in [4.78, 5) is 27.2. The van der Waals surface area contributed by atoms with Crippen molar-refractivity contribution in [3.63, 3.8) is 0 Å². The Balaban J connectivity index is 1.48. The summed E-state index contributed by atoms with van der Waals surface area (Å²) in [6.45, 7) is 4.61. The van der Waals surface area contributed by atoms with Crippen LogP contribution < -0.4 is 5.32 Å². The lowest BCUT2D eigenvalue weighted by atomic mass is 10.1. The summed E-state index contributed by atoms with van der Waals surface area (Å²) >= 11 is 0. The second-order valence-corrected chi connectivity index (χ2v) is 11.4. The number of carbonyl (C=O) groups is 2. The molecule has 4 rings (SSSR count). The molecule has 2 amide bonds. The van der Waals surface area contributed by atoms with Crippen molar-refractivity contribution in [1.29, 1.82) is 0 Å². The molecule has 1 N–H and O–H groups in total. The number of nitrogens with zero attached hydrogens (tertiary/aromatic N) is 2. The molecule has 0 aromatic heterocycles. The molecule has 1 unspecified atom stereocenters. The highest BCUT2D eigenvalue weighted by atomic mass is 32.2. The van der Waals surface area contributed by atoms with Gasteiger partial charge in [0.25, 0.3) is 11.8 Å². The van der Waals surface area contributed by atoms with E-state index in [9.17, 15) is 18.0 Å². The number of benzene rings is 2. The Morgan fingerprint density at radius 2 is 1.76 bits per heavy atom. The highest BCUT2D eigenvalue weighted by Crippen LogP contribution is 2.27. The number of sulfonamides is 1. The van der Waals surface area contributed by atoms with Crippen LogP contribution in [0, 0.1) is 6.92 Å². The van der Waals surface area contributed by atoms with Crippen LogP contribution in [0.15, 0.2) is 47.4 Å². The Kier molecular flexibility index (Phi) is 7.09. The van der Waals surface area contributed by atoms with Gasteiger partial charge >= 0.3 is 0 Å². The molecule has 7 nitrogen and oxygen atoms in total. The van der Waals surface area contributed by atoms with E-state index in [1.165, 1.54) is 6.07 Å². The minimum Gasteiger partial charge on any atom is -0.349 e. The molecule has 1 aliphatic carbocycles. The zero-order chi connectivity index (χ0) is 24.5. The van der Waals surface area contributed by atoms with Crippen molar-refractivity contribution in [1.82, 2.24) is 14.5 Å². The lowest BCUT2D eigenvalue weighted by Crippen LogP contribution is -2.42. The van der Waals surface area contributed by atoms with Crippen LogP contribution in [0.5, 0.6) is 0 Å². The first-order valence-electron chi connectivity index (χ1n) is 11.9. The zero-order valence-corrected chi connectivity index (χ0v) is 20.9. The van der Waals surface area contributed by atoms with Crippen molar-refractivity contribution < 1.29 is 18.0 Å². The molecule has 8 heteroatoms. The molecular weight excluding hydrogens is 450 g/mol. The summed E-state index contributed by atoms with van der Waals surface area (Å²) < 4.78 is 28.1. The van der Waals surface area contributed by atoms with Crippen molar-refractivity contribution in [2.24, 2.45) is 0 Å². The fourth-order valence-corrected chi connectivity index (χ4v) is 6.09. The molecule has 2 aliphatic rings. The molecule has 1 heterocycles. The predicted octanol–water partition coefficient (Wildman–Crippen LogP) is 3.72. The third kappa shape index (κ3) is 5.33. The molecule has 0 spiro atoms. The van der Waals surface area contributed by atoms with Crippen LogP contribution in [-0.2, 0) is 16.6 Å². The number of piperidine rings is 1. The molecule has 1 atom stereocenters. The lowest BCUT2D eigenvalue weighted by molar-refractivity contribution is 0.0783. The summed E-state index contributed by atoms with van der Waals surface area (Å²) in [5, 5.41) is 2.96. The van der Waals surface area contributed by atoms with Gasteiger partial charge in [-0.25, -0.2) is 8.42 Å². The van der Waals surface area contributed by atoms with Crippen LogP contribution in [0.2, 0.25) is 0 Å². The lowest BCUT2D eigenvalue weighted by Gasteiger charge is -2.32. The van der Waals surface area contributed by atoms with Crippen LogP contribution >= 0.6 is 0 Å². The Morgan fingerprint density at radius 1 is 1.06 bits per heavy atom. The second kappa shape index (κ2) is 9.88. The maximum Gasteiger partial charge on any atom is 0.254 e. The van der Waals surface area contributed by atoms with Gasteiger partial charge in [-0.05, 0) is 74.9 Å². The molecule has 2 fully saturated rings. The van der Waals surface area contributed by atoms with Crippen LogP contribution in [-0.4, -0.2) is 55.1 Å². The van der Waals surface area contributed by atoms with E-state index in [2.05, 4.69) is 5.32 Å². The number of hydrogen-bond donors (Lipinski definition) is 1. The molecule has 182 valence electrons. The second-order valence-electron chi connectivity index (χ2n) is 9.54. The van der Waals surface area contributed by atoms with Gasteiger partial charge in [-0.2, -0.15) is 4.31 Å². The van der Waals surface area contributed by atoms with Gasteiger partial charge in [-0.15, -0.1) is 0 Å². The topological polar surface area (TPSA) is 86.8 Å². The fourth-order valence-electron chi connectivity index (χ4n) is 4.37. The van der Waals surface area contributed by atoms with Crippen LogP contribution in [0.4, 0.5) is 0 Å². The normalized spacial score (nSPS) is 19.0. The first-order chi connectivity index (χ1) is 16.2. The van der Waals surface area contributed by atoms with Gasteiger partial charge in [-0.3, -0.25) is 9.59 Å². The molecule has 0 radical (unpaired) electrons. The fraction of sp³-hybridized carbons (Fsp3) is 0.462. The third-order valence-electron chi connectivity index (χ3n) is 6.68. The predicted molar refractivity (Wildman–Crippen MR) is 131 cm³/mol. The average Bonchev–Trinajstić information content (AvgIpc) is 3.63. The molecule has 2 aromatic rings. The summed E-state index contributed by atoms with van der Waals surface area (Å²) in [6, 6.07) is 12.3. The van der Waals surface area contributed by atoms with E-state index in [1.54, 1.807) is 40.5 Å². The Labute approximate surface area is 202 Å². The summed E-state index contributed by atoms with van der Waals surface area (Å²) in [6.07, 6.45) is 4.80. The highest BCUT2D eigenvalue weighted by Gasteiger charge is 2.32. The Bertz CT molecular complexity index is 1170. The number of aryl methyl sites for hydroxylation is 1. The van der Waals surface area contributed by atoms with E-state index in [0.717, 1.165) is 43.2 Å².